The molecule has 0 bridgehead atoms. The zero-order chi connectivity index (χ0) is 20.6. The molecule has 29 heavy (non-hydrogen) atoms. The van der Waals surface area contributed by atoms with Crippen molar-refractivity contribution < 1.29 is 0 Å². The van der Waals surface area contributed by atoms with Gasteiger partial charge in [0.2, 0.25) is 0 Å². The first-order chi connectivity index (χ1) is 13.7. The zero-order valence-corrected chi connectivity index (χ0v) is 18.5. The Morgan fingerprint density at radius 1 is 0.897 bits per heavy atom. The van der Waals surface area contributed by atoms with E-state index in [1.807, 2.05) is 0 Å². The lowest BCUT2D eigenvalue weighted by atomic mass is 9.68. The first kappa shape index (κ1) is 18.5. The van der Waals surface area contributed by atoms with E-state index in [2.05, 4.69) is 107 Å². The number of hydrogen-bond acceptors (Lipinski definition) is 0. The van der Waals surface area contributed by atoms with Crippen LogP contribution in [0.2, 0.25) is 0 Å². The van der Waals surface area contributed by atoms with Crippen molar-refractivity contribution in [2.24, 2.45) is 17.9 Å². The highest BCUT2D eigenvalue weighted by atomic mass is 15.0. The third-order valence-electron chi connectivity index (χ3n) is 7.25. The van der Waals surface area contributed by atoms with Crippen molar-refractivity contribution in [3.05, 3.63) is 83.0 Å². The van der Waals surface area contributed by atoms with Gasteiger partial charge in [0.25, 0.3) is 0 Å². The monoisotopic (exact) mass is 381 g/mol. The summed E-state index contributed by atoms with van der Waals surface area (Å²) in [4.78, 5) is 0. The van der Waals surface area contributed by atoms with Crippen molar-refractivity contribution >= 4 is 10.9 Å². The Balaban J connectivity index is 1.74. The van der Waals surface area contributed by atoms with Crippen LogP contribution in [0.1, 0.15) is 58.1 Å². The first-order valence-corrected chi connectivity index (χ1v) is 10.8. The normalized spacial score (nSPS) is 18.6. The summed E-state index contributed by atoms with van der Waals surface area (Å²) >= 11 is 0. The third kappa shape index (κ3) is 2.53. The molecule has 2 aromatic carbocycles. The SMILES string of the molecule is Cn1c2c(c3ccccc31)C(C(C)(C)C1=CC(C(C)(C)C)=CC1)c1ccccc1-2. The van der Waals surface area contributed by atoms with Crippen molar-refractivity contribution in [1.29, 1.82) is 0 Å². The Bertz CT molecular complexity index is 1190. The minimum atomic E-state index is 0.0506. The van der Waals surface area contributed by atoms with Crippen LogP contribution in [0.3, 0.4) is 0 Å². The van der Waals surface area contributed by atoms with Crippen LogP contribution in [0.5, 0.6) is 0 Å². The summed E-state index contributed by atoms with van der Waals surface area (Å²) in [6.45, 7) is 11.9. The summed E-state index contributed by atoms with van der Waals surface area (Å²) in [6, 6.07) is 18.0. The number of rotatable bonds is 2. The zero-order valence-electron chi connectivity index (χ0n) is 18.5. The predicted molar refractivity (Wildman–Crippen MR) is 124 cm³/mol. The average Bonchev–Trinajstić information content (AvgIpc) is 3.36. The van der Waals surface area contributed by atoms with Crippen molar-refractivity contribution in [3.8, 4) is 11.3 Å². The fraction of sp³-hybridized carbons (Fsp3) is 0.357. The van der Waals surface area contributed by atoms with Gasteiger partial charge >= 0.3 is 0 Å². The number of hydrogen-bond donors (Lipinski definition) is 0. The molecule has 3 aromatic rings. The summed E-state index contributed by atoms with van der Waals surface area (Å²) < 4.78 is 2.40. The fourth-order valence-corrected chi connectivity index (χ4v) is 5.59. The molecule has 1 heteroatoms. The maximum atomic E-state index is 2.49. The summed E-state index contributed by atoms with van der Waals surface area (Å²) in [6.07, 6.45) is 6.01. The molecule has 0 saturated heterocycles. The second-order valence-electron chi connectivity index (χ2n) is 10.4. The molecule has 0 fully saturated rings. The highest BCUT2D eigenvalue weighted by Crippen LogP contribution is 2.59. The molecule has 0 amide bonds. The molecule has 148 valence electrons. The molecule has 1 aromatic heterocycles. The van der Waals surface area contributed by atoms with Gasteiger partial charge in [0, 0.05) is 29.4 Å². The van der Waals surface area contributed by atoms with E-state index >= 15 is 0 Å². The van der Waals surface area contributed by atoms with Crippen molar-refractivity contribution in [2.75, 3.05) is 0 Å². The van der Waals surface area contributed by atoms with Gasteiger partial charge < -0.3 is 4.57 Å². The van der Waals surface area contributed by atoms with Gasteiger partial charge in [-0.25, -0.2) is 0 Å². The summed E-state index contributed by atoms with van der Waals surface area (Å²) in [5, 5.41) is 1.40. The van der Waals surface area contributed by atoms with E-state index in [1.54, 1.807) is 5.57 Å². The Kier molecular flexibility index (Phi) is 3.81. The molecule has 0 radical (unpaired) electrons. The largest absolute Gasteiger partial charge is 0.343 e. The van der Waals surface area contributed by atoms with E-state index in [4.69, 9.17) is 0 Å². The molecule has 1 heterocycles. The average molecular weight is 382 g/mol. The molecule has 0 N–H and O–H groups in total. The standard InChI is InChI=1S/C28H31N/c1-27(2,3)18-15-16-19(17-18)28(4,5)25-20-11-7-8-12-21(20)26-24(25)22-13-9-10-14-23(22)29(26)6/h7-15,17,25H,16H2,1-6H3. The van der Waals surface area contributed by atoms with Gasteiger partial charge in [-0.3, -0.25) is 0 Å². The van der Waals surface area contributed by atoms with Gasteiger partial charge in [-0.2, -0.15) is 0 Å². The minimum absolute atomic E-state index is 0.0506. The van der Waals surface area contributed by atoms with E-state index < -0.39 is 0 Å². The molecule has 0 aliphatic heterocycles. The highest BCUT2D eigenvalue weighted by molar-refractivity contribution is 5.97. The van der Waals surface area contributed by atoms with Crippen LogP contribution in [0.25, 0.3) is 22.2 Å². The second-order valence-corrected chi connectivity index (χ2v) is 10.4. The lowest BCUT2D eigenvalue weighted by Gasteiger charge is -2.35. The Morgan fingerprint density at radius 3 is 2.31 bits per heavy atom. The number of para-hydroxylation sites is 1. The van der Waals surface area contributed by atoms with Crippen LogP contribution in [-0.4, -0.2) is 4.57 Å². The van der Waals surface area contributed by atoms with Crippen LogP contribution in [-0.2, 0) is 7.05 Å². The number of aromatic nitrogens is 1. The smallest absolute Gasteiger partial charge is 0.0530 e. The van der Waals surface area contributed by atoms with Crippen molar-refractivity contribution in [2.45, 2.75) is 47.0 Å². The third-order valence-corrected chi connectivity index (χ3v) is 7.25. The maximum absolute atomic E-state index is 2.49. The molecular formula is C28H31N. The van der Waals surface area contributed by atoms with Gasteiger partial charge in [0.15, 0.2) is 0 Å². The number of nitrogens with zero attached hydrogens (tertiary/aromatic N) is 1. The van der Waals surface area contributed by atoms with E-state index in [9.17, 15) is 0 Å². The van der Waals surface area contributed by atoms with Gasteiger partial charge in [0.1, 0.15) is 0 Å². The number of benzene rings is 2. The maximum Gasteiger partial charge on any atom is 0.0530 e. The summed E-state index contributed by atoms with van der Waals surface area (Å²) in [5.74, 6) is 0.374. The molecule has 0 spiro atoms. The van der Waals surface area contributed by atoms with Crippen LogP contribution in [0.4, 0.5) is 0 Å². The van der Waals surface area contributed by atoms with Crippen LogP contribution < -0.4 is 0 Å². The first-order valence-electron chi connectivity index (χ1n) is 10.8. The lowest BCUT2D eigenvalue weighted by Crippen LogP contribution is -2.24. The Hall–Kier alpha value is -2.54. The van der Waals surface area contributed by atoms with E-state index in [0.29, 0.717) is 5.92 Å². The predicted octanol–water partition coefficient (Wildman–Crippen LogP) is 7.62. The van der Waals surface area contributed by atoms with Gasteiger partial charge in [-0.05, 0) is 40.0 Å². The van der Waals surface area contributed by atoms with E-state index in [1.165, 1.54) is 38.9 Å². The molecular weight excluding hydrogens is 350 g/mol. The van der Waals surface area contributed by atoms with Crippen LogP contribution >= 0.6 is 0 Å². The number of aryl methyl sites for hydroxylation is 1. The lowest BCUT2D eigenvalue weighted by molar-refractivity contribution is 0.389. The van der Waals surface area contributed by atoms with Gasteiger partial charge in [0.05, 0.1) is 5.69 Å². The van der Waals surface area contributed by atoms with Gasteiger partial charge in [-0.15, -0.1) is 0 Å². The second kappa shape index (κ2) is 5.98. The molecule has 1 nitrogen and oxygen atoms in total. The highest BCUT2D eigenvalue weighted by Gasteiger charge is 2.44. The molecule has 5 rings (SSSR count). The van der Waals surface area contributed by atoms with Crippen LogP contribution in [0.15, 0.2) is 71.8 Å². The summed E-state index contributed by atoms with van der Waals surface area (Å²) in [5.41, 5.74) is 10.4. The van der Waals surface area contributed by atoms with Crippen molar-refractivity contribution in [1.82, 2.24) is 4.57 Å². The summed E-state index contributed by atoms with van der Waals surface area (Å²) in [7, 11) is 2.22. The molecule has 1 unspecified atom stereocenters. The Labute approximate surface area is 174 Å². The van der Waals surface area contributed by atoms with Crippen molar-refractivity contribution in [3.63, 3.8) is 0 Å². The molecule has 2 aliphatic carbocycles. The quantitative estimate of drug-likeness (QED) is 0.430. The topological polar surface area (TPSA) is 4.93 Å². The fourth-order valence-electron chi connectivity index (χ4n) is 5.59. The minimum Gasteiger partial charge on any atom is -0.343 e. The number of allylic oxidation sites excluding steroid dienone is 4. The molecule has 2 aliphatic rings. The van der Waals surface area contributed by atoms with Crippen LogP contribution in [0, 0.1) is 10.8 Å². The number of fused-ring (bicyclic) bond motifs is 5. The van der Waals surface area contributed by atoms with E-state index in [0.717, 1.165) is 6.42 Å². The van der Waals surface area contributed by atoms with Gasteiger partial charge in [-0.1, -0.05) is 94.8 Å². The Morgan fingerprint density at radius 2 is 1.59 bits per heavy atom. The van der Waals surface area contributed by atoms with E-state index in [-0.39, 0.29) is 10.8 Å². The molecule has 1 atom stereocenters. The molecule has 0 saturated carbocycles.